The lowest BCUT2D eigenvalue weighted by Gasteiger charge is -2.17. The van der Waals surface area contributed by atoms with Crippen molar-refractivity contribution in [2.24, 2.45) is 0 Å². The van der Waals surface area contributed by atoms with Gasteiger partial charge in [-0.25, -0.2) is 9.37 Å². The molecule has 0 spiro atoms. The van der Waals surface area contributed by atoms with E-state index in [1.807, 2.05) is 29.7 Å². The molecule has 1 aromatic heterocycles. The summed E-state index contributed by atoms with van der Waals surface area (Å²) in [4.78, 5) is 27.7. The first kappa shape index (κ1) is 23.4. The zero-order valence-electron chi connectivity index (χ0n) is 18.9. The van der Waals surface area contributed by atoms with Crippen LogP contribution in [-0.4, -0.2) is 34.9 Å². The van der Waals surface area contributed by atoms with E-state index in [4.69, 9.17) is 21.3 Å². The fourth-order valence-electron chi connectivity index (χ4n) is 4.02. The van der Waals surface area contributed by atoms with Gasteiger partial charge in [0.15, 0.2) is 11.6 Å². The Morgan fingerprint density at radius 3 is 2.62 bits per heavy atom. The second-order valence-corrected chi connectivity index (χ2v) is 8.53. The van der Waals surface area contributed by atoms with E-state index in [0.717, 1.165) is 28.4 Å². The van der Waals surface area contributed by atoms with Crippen LogP contribution in [0.4, 0.5) is 4.39 Å². The maximum Gasteiger partial charge on any atom is 0.217 e. The molecule has 1 unspecified atom stereocenters. The summed E-state index contributed by atoms with van der Waals surface area (Å²) in [6.07, 6.45) is 0.757. The van der Waals surface area contributed by atoms with Crippen molar-refractivity contribution in [3.8, 4) is 28.3 Å². The maximum atomic E-state index is 14.0. The van der Waals surface area contributed by atoms with E-state index in [1.165, 1.54) is 20.1 Å². The van der Waals surface area contributed by atoms with Gasteiger partial charge in [0.25, 0.3) is 0 Å². The van der Waals surface area contributed by atoms with Crippen LogP contribution in [0.3, 0.4) is 0 Å². The van der Waals surface area contributed by atoms with Crippen molar-refractivity contribution in [2.75, 3.05) is 7.11 Å². The molecule has 1 heterocycles. The Balaban J connectivity index is 1.90. The van der Waals surface area contributed by atoms with Gasteiger partial charge < -0.3 is 14.6 Å². The minimum absolute atomic E-state index is 0.118. The molecule has 4 aromatic rings. The fourth-order valence-corrected chi connectivity index (χ4v) is 4.26. The normalized spacial score (nSPS) is 11.9. The Bertz CT molecular complexity index is 1400. The number of hydrogen-bond acceptors (Lipinski definition) is 4. The smallest absolute Gasteiger partial charge is 0.217 e. The van der Waals surface area contributed by atoms with Crippen molar-refractivity contribution in [2.45, 2.75) is 26.4 Å². The quantitative estimate of drug-likeness (QED) is 0.355. The standard InChI is InChI=1S/C26H23ClFN3O3/c1-15(29-16(2)33)13-31-24-11-18(20-8-17(14-32)9-21(27)10-20)5-7-23(24)30-26(31)19-4-6-22(28)25(12-19)34-3/h4-12,14-15H,13H2,1-3H3,(H,29,33). The largest absolute Gasteiger partial charge is 0.494 e. The molecular formula is C26H23ClFN3O3. The van der Waals surface area contributed by atoms with Crippen LogP contribution in [0.5, 0.6) is 5.75 Å². The Labute approximate surface area is 201 Å². The lowest BCUT2D eigenvalue weighted by Crippen LogP contribution is -2.34. The van der Waals surface area contributed by atoms with E-state index < -0.39 is 5.82 Å². The molecule has 1 atom stereocenters. The van der Waals surface area contributed by atoms with E-state index in [-0.39, 0.29) is 17.7 Å². The number of amides is 1. The Hall–Kier alpha value is -3.71. The van der Waals surface area contributed by atoms with Crippen molar-refractivity contribution >= 4 is 34.8 Å². The van der Waals surface area contributed by atoms with E-state index in [0.29, 0.717) is 28.5 Å². The molecule has 0 aliphatic carbocycles. The van der Waals surface area contributed by atoms with Gasteiger partial charge in [0, 0.05) is 35.7 Å². The van der Waals surface area contributed by atoms with E-state index in [2.05, 4.69) is 5.32 Å². The molecule has 1 N–H and O–H groups in total. The molecule has 0 saturated heterocycles. The Kier molecular flexibility index (Phi) is 6.65. The third-order valence-electron chi connectivity index (χ3n) is 5.45. The lowest BCUT2D eigenvalue weighted by molar-refractivity contribution is -0.119. The van der Waals surface area contributed by atoms with Crippen LogP contribution in [-0.2, 0) is 11.3 Å². The van der Waals surface area contributed by atoms with E-state index >= 15 is 0 Å². The van der Waals surface area contributed by atoms with Crippen LogP contribution in [0.2, 0.25) is 5.02 Å². The molecule has 0 fully saturated rings. The second kappa shape index (κ2) is 9.65. The van der Waals surface area contributed by atoms with Gasteiger partial charge in [0.1, 0.15) is 12.1 Å². The lowest BCUT2D eigenvalue weighted by atomic mass is 10.0. The number of nitrogens with zero attached hydrogens (tertiary/aromatic N) is 2. The van der Waals surface area contributed by atoms with Crippen molar-refractivity contribution in [1.29, 1.82) is 0 Å². The highest BCUT2D eigenvalue weighted by Crippen LogP contribution is 2.32. The molecular weight excluding hydrogens is 457 g/mol. The van der Waals surface area contributed by atoms with Gasteiger partial charge >= 0.3 is 0 Å². The Morgan fingerprint density at radius 1 is 1.15 bits per heavy atom. The highest BCUT2D eigenvalue weighted by atomic mass is 35.5. The third kappa shape index (κ3) is 4.79. The zero-order valence-corrected chi connectivity index (χ0v) is 19.7. The number of aldehydes is 1. The van der Waals surface area contributed by atoms with E-state index in [1.54, 1.807) is 30.3 Å². The highest BCUT2D eigenvalue weighted by Gasteiger charge is 2.18. The topological polar surface area (TPSA) is 73.2 Å². The number of carbonyl (C=O) groups excluding carboxylic acids is 2. The predicted octanol–water partition coefficient (Wildman–Crippen LogP) is 5.51. The summed E-state index contributed by atoms with van der Waals surface area (Å²) in [6, 6.07) is 15.3. The highest BCUT2D eigenvalue weighted by molar-refractivity contribution is 6.31. The summed E-state index contributed by atoms with van der Waals surface area (Å²) in [5.41, 5.74) is 4.36. The minimum atomic E-state index is -0.463. The molecule has 0 saturated carbocycles. The van der Waals surface area contributed by atoms with Crippen LogP contribution in [0.25, 0.3) is 33.5 Å². The monoisotopic (exact) mass is 479 g/mol. The number of fused-ring (bicyclic) bond motifs is 1. The maximum absolute atomic E-state index is 14.0. The second-order valence-electron chi connectivity index (χ2n) is 8.09. The third-order valence-corrected chi connectivity index (χ3v) is 5.67. The van der Waals surface area contributed by atoms with Gasteiger partial charge in [-0.05, 0) is 66.6 Å². The van der Waals surface area contributed by atoms with Crippen LogP contribution in [0.1, 0.15) is 24.2 Å². The minimum Gasteiger partial charge on any atom is -0.494 e. The summed E-state index contributed by atoms with van der Waals surface area (Å²) < 4.78 is 21.2. The molecule has 1 amide bonds. The van der Waals surface area contributed by atoms with Gasteiger partial charge in [-0.3, -0.25) is 9.59 Å². The molecule has 0 aliphatic rings. The predicted molar refractivity (Wildman–Crippen MR) is 131 cm³/mol. The average molecular weight is 480 g/mol. The van der Waals surface area contributed by atoms with Crippen molar-refractivity contribution in [3.05, 3.63) is 71.0 Å². The molecule has 0 radical (unpaired) electrons. The summed E-state index contributed by atoms with van der Waals surface area (Å²) in [7, 11) is 1.41. The average Bonchev–Trinajstić information content (AvgIpc) is 3.15. The molecule has 0 bridgehead atoms. The number of imidazole rings is 1. The first-order valence-electron chi connectivity index (χ1n) is 10.7. The van der Waals surface area contributed by atoms with Gasteiger partial charge in [-0.15, -0.1) is 0 Å². The number of rotatable bonds is 7. The SMILES string of the molecule is COc1cc(-c2nc3ccc(-c4cc(Cl)cc(C=O)c4)cc3n2CC(C)NC(C)=O)ccc1F. The zero-order chi connectivity index (χ0) is 24.4. The number of nitrogens with one attached hydrogen (secondary N) is 1. The summed E-state index contributed by atoms with van der Waals surface area (Å²) >= 11 is 6.21. The van der Waals surface area contributed by atoms with Gasteiger partial charge in [0.2, 0.25) is 5.91 Å². The number of methoxy groups -OCH3 is 1. The fraction of sp³-hybridized carbons (Fsp3) is 0.192. The van der Waals surface area contributed by atoms with Gasteiger partial charge in [-0.2, -0.15) is 0 Å². The van der Waals surface area contributed by atoms with Gasteiger partial charge in [-0.1, -0.05) is 17.7 Å². The number of carbonyl (C=O) groups is 2. The van der Waals surface area contributed by atoms with Crippen LogP contribution in [0.15, 0.2) is 54.6 Å². The summed E-state index contributed by atoms with van der Waals surface area (Å²) in [5.74, 6) is 0.132. The van der Waals surface area contributed by atoms with Crippen LogP contribution < -0.4 is 10.1 Å². The molecule has 4 rings (SSSR count). The van der Waals surface area contributed by atoms with Crippen molar-refractivity contribution in [3.63, 3.8) is 0 Å². The first-order valence-corrected chi connectivity index (χ1v) is 11.0. The number of aromatic nitrogens is 2. The molecule has 0 aliphatic heterocycles. The van der Waals surface area contributed by atoms with Crippen LogP contribution >= 0.6 is 11.6 Å². The first-order chi connectivity index (χ1) is 16.3. The molecule has 6 nitrogen and oxygen atoms in total. The summed E-state index contributed by atoms with van der Waals surface area (Å²) in [6.45, 7) is 3.80. The molecule has 8 heteroatoms. The number of hydrogen-bond donors (Lipinski definition) is 1. The number of benzene rings is 3. The molecule has 174 valence electrons. The van der Waals surface area contributed by atoms with Gasteiger partial charge in [0.05, 0.1) is 18.1 Å². The van der Waals surface area contributed by atoms with E-state index in [9.17, 15) is 14.0 Å². The summed E-state index contributed by atoms with van der Waals surface area (Å²) in [5, 5.41) is 3.36. The Morgan fingerprint density at radius 2 is 1.91 bits per heavy atom. The van der Waals surface area contributed by atoms with Crippen LogP contribution in [0, 0.1) is 5.82 Å². The van der Waals surface area contributed by atoms with Crippen molar-refractivity contribution < 1.29 is 18.7 Å². The number of ether oxygens (including phenoxy) is 1. The molecule has 34 heavy (non-hydrogen) atoms. The van der Waals surface area contributed by atoms with Crippen molar-refractivity contribution in [1.82, 2.24) is 14.9 Å². The number of halogens is 2. The molecule has 3 aromatic carbocycles.